The van der Waals surface area contributed by atoms with Crippen LogP contribution in [-0.4, -0.2) is 33.3 Å². The Bertz CT molecular complexity index is 487. The number of esters is 2. The van der Waals surface area contributed by atoms with Crippen LogP contribution in [0.3, 0.4) is 0 Å². The van der Waals surface area contributed by atoms with E-state index in [0.29, 0.717) is 4.47 Å². The van der Waals surface area contributed by atoms with Crippen molar-refractivity contribution in [2.45, 2.75) is 5.92 Å². The van der Waals surface area contributed by atoms with Crippen molar-refractivity contribution >= 4 is 27.9 Å². The highest BCUT2D eigenvalue weighted by Gasteiger charge is 2.36. The molecule has 0 fully saturated rings. The van der Waals surface area contributed by atoms with E-state index in [0.717, 1.165) is 20.3 Å². The average molecular weight is 335 g/mol. The standard InChI is InChI=1S/C12H12BrFO5/c1-17-8-5-6(13)4-7(14)9(8)10(11(15)18-2)12(16)19-3/h4-5,10H,1-3H3. The third kappa shape index (κ3) is 3.23. The molecule has 0 N–H and O–H groups in total. The summed E-state index contributed by atoms with van der Waals surface area (Å²) in [5.74, 6) is -4.10. The van der Waals surface area contributed by atoms with Crippen molar-refractivity contribution in [2.24, 2.45) is 0 Å². The van der Waals surface area contributed by atoms with Gasteiger partial charge in [-0.25, -0.2) is 4.39 Å². The molecular formula is C12H12BrFO5. The topological polar surface area (TPSA) is 61.8 Å². The van der Waals surface area contributed by atoms with Gasteiger partial charge in [0.25, 0.3) is 0 Å². The van der Waals surface area contributed by atoms with Crippen LogP contribution in [0.2, 0.25) is 0 Å². The monoisotopic (exact) mass is 334 g/mol. The van der Waals surface area contributed by atoms with Crippen LogP contribution in [-0.2, 0) is 19.1 Å². The first-order chi connectivity index (χ1) is 8.96. The zero-order chi connectivity index (χ0) is 14.6. The third-order valence-corrected chi connectivity index (χ3v) is 2.90. The van der Waals surface area contributed by atoms with Crippen LogP contribution in [0.15, 0.2) is 16.6 Å². The molecule has 1 aromatic rings. The van der Waals surface area contributed by atoms with Crippen LogP contribution >= 0.6 is 15.9 Å². The molecule has 0 bridgehead atoms. The fourth-order valence-corrected chi connectivity index (χ4v) is 1.99. The van der Waals surface area contributed by atoms with E-state index in [1.54, 1.807) is 0 Å². The van der Waals surface area contributed by atoms with E-state index >= 15 is 0 Å². The lowest BCUT2D eigenvalue weighted by atomic mass is 9.97. The summed E-state index contributed by atoms with van der Waals surface area (Å²) in [4.78, 5) is 23.3. The van der Waals surface area contributed by atoms with E-state index < -0.39 is 23.7 Å². The molecule has 19 heavy (non-hydrogen) atoms. The first kappa shape index (κ1) is 15.4. The maximum Gasteiger partial charge on any atom is 0.324 e. The summed E-state index contributed by atoms with van der Waals surface area (Å²) in [5, 5.41) is 0. The van der Waals surface area contributed by atoms with E-state index in [4.69, 9.17) is 4.74 Å². The second-order valence-electron chi connectivity index (χ2n) is 3.48. The van der Waals surface area contributed by atoms with Crippen molar-refractivity contribution in [3.63, 3.8) is 0 Å². The molecular weight excluding hydrogens is 323 g/mol. The SMILES string of the molecule is COC(=O)C(C(=O)OC)c1c(F)cc(Br)cc1OC. The predicted octanol–water partition coefficient (Wildman–Crippen LogP) is 2.03. The Labute approximate surface area is 117 Å². The number of hydrogen-bond donors (Lipinski definition) is 0. The van der Waals surface area contributed by atoms with Crippen molar-refractivity contribution in [3.05, 3.63) is 28.0 Å². The average Bonchev–Trinajstić information content (AvgIpc) is 2.39. The molecule has 1 rings (SSSR count). The smallest absolute Gasteiger partial charge is 0.324 e. The van der Waals surface area contributed by atoms with E-state index in [2.05, 4.69) is 25.4 Å². The molecule has 0 atom stereocenters. The van der Waals surface area contributed by atoms with E-state index in [-0.39, 0.29) is 11.3 Å². The fraction of sp³-hybridized carbons (Fsp3) is 0.333. The number of hydrogen-bond acceptors (Lipinski definition) is 5. The Morgan fingerprint density at radius 1 is 1.16 bits per heavy atom. The summed E-state index contributed by atoms with van der Waals surface area (Å²) < 4.78 is 28.4. The van der Waals surface area contributed by atoms with Gasteiger partial charge in [0.05, 0.1) is 26.9 Å². The Balaban J connectivity index is 3.45. The van der Waals surface area contributed by atoms with Gasteiger partial charge in [0.2, 0.25) is 0 Å². The number of carbonyl (C=O) groups excluding carboxylic acids is 2. The summed E-state index contributed by atoms with van der Waals surface area (Å²) in [6, 6.07) is 2.56. The normalized spacial score (nSPS) is 10.2. The van der Waals surface area contributed by atoms with Gasteiger partial charge in [0.1, 0.15) is 11.6 Å². The Morgan fingerprint density at radius 3 is 2.11 bits per heavy atom. The highest BCUT2D eigenvalue weighted by molar-refractivity contribution is 9.10. The van der Waals surface area contributed by atoms with Crippen LogP contribution in [0.4, 0.5) is 4.39 Å². The van der Waals surface area contributed by atoms with Crippen LogP contribution in [0.25, 0.3) is 0 Å². The third-order valence-electron chi connectivity index (χ3n) is 2.44. The molecule has 7 heteroatoms. The molecule has 0 amide bonds. The molecule has 0 saturated carbocycles. The lowest BCUT2D eigenvalue weighted by Gasteiger charge is -2.17. The van der Waals surface area contributed by atoms with E-state index in [9.17, 15) is 14.0 Å². The zero-order valence-corrected chi connectivity index (χ0v) is 12.1. The lowest BCUT2D eigenvalue weighted by molar-refractivity contribution is -0.154. The molecule has 0 aliphatic rings. The van der Waals surface area contributed by atoms with Gasteiger partial charge in [-0.2, -0.15) is 0 Å². The Kier molecular flexibility index (Phi) is 5.29. The molecule has 0 saturated heterocycles. The van der Waals surface area contributed by atoms with Crippen molar-refractivity contribution < 1.29 is 28.2 Å². The quantitative estimate of drug-likeness (QED) is 0.622. The second kappa shape index (κ2) is 6.51. The van der Waals surface area contributed by atoms with Gasteiger partial charge in [0, 0.05) is 4.47 Å². The minimum Gasteiger partial charge on any atom is -0.496 e. The Morgan fingerprint density at radius 2 is 1.68 bits per heavy atom. The number of carbonyl (C=O) groups is 2. The highest BCUT2D eigenvalue weighted by atomic mass is 79.9. The maximum atomic E-state index is 14.0. The van der Waals surface area contributed by atoms with Gasteiger partial charge in [0.15, 0.2) is 5.92 Å². The number of rotatable bonds is 4. The number of benzene rings is 1. The first-order valence-electron chi connectivity index (χ1n) is 5.14. The number of halogens is 2. The van der Waals surface area contributed by atoms with Crippen LogP contribution in [0.5, 0.6) is 5.75 Å². The van der Waals surface area contributed by atoms with Gasteiger partial charge in [-0.15, -0.1) is 0 Å². The molecule has 0 aliphatic heterocycles. The minimum atomic E-state index is -1.53. The molecule has 104 valence electrons. The molecule has 0 aliphatic carbocycles. The minimum absolute atomic E-state index is 0.0488. The molecule has 0 unspecified atom stereocenters. The lowest BCUT2D eigenvalue weighted by Crippen LogP contribution is -2.26. The van der Waals surface area contributed by atoms with Gasteiger partial charge in [-0.05, 0) is 12.1 Å². The van der Waals surface area contributed by atoms with Gasteiger partial charge in [-0.1, -0.05) is 15.9 Å². The van der Waals surface area contributed by atoms with Gasteiger partial charge in [-0.3, -0.25) is 9.59 Å². The van der Waals surface area contributed by atoms with Crippen LogP contribution in [0, 0.1) is 5.82 Å². The van der Waals surface area contributed by atoms with E-state index in [1.165, 1.54) is 13.2 Å². The summed E-state index contributed by atoms with van der Waals surface area (Å²) in [7, 11) is 3.50. The summed E-state index contributed by atoms with van der Waals surface area (Å²) >= 11 is 3.09. The van der Waals surface area contributed by atoms with Gasteiger partial charge < -0.3 is 14.2 Å². The molecule has 5 nitrogen and oxygen atoms in total. The van der Waals surface area contributed by atoms with Crippen LogP contribution < -0.4 is 4.74 Å². The highest BCUT2D eigenvalue weighted by Crippen LogP contribution is 2.34. The molecule has 0 spiro atoms. The van der Waals surface area contributed by atoms with Crippen molar-refractivity contribution in [1.29, 1.82) is 0 Å². The molecule has 0 radical (unpaired) electrons. The number of methoxy groups -OCH3 is 3. The summed E-state index contributed by atoms with van der Waals surface area (Å²) in [6.07, 6.45) is 0. The van der Waals surface area contributed by atoms with Crippen molar-refractivity contribution in [2.75, 3.05) is 21.3 Å². The number of ether oxygens (including phenoxy) is 3. The van der Waals surface area contributed by atoms with Crippen molar-refractivity contribution in [3.8, 4) is 5.75 Å². The summed E-state index contributed by atoms with van der Waals surface area (Å²) in [6.45, 7) is 0. The fourth-order valence-electron chi connectivity index (χ4n) is 1.58. The first-order valence-corrected chi connectivity index (χ1v) is 5.94. The maximum absolute atomic E-state index is 14.0. The van der Waals surface area contributed by atoms with E-state index in [1.807, 2.05) is 0 Å². The zero-order valence-electron chi connectivity index (χ0n) is 10.5. The molecule has 1 aromatic carbocycles. The Hall–Kier alpha value is -1.63. The predicted molar refractivity (Wildman–Crippen MR) is 67.4 cm³/mol. The summed E-state index contributed by atoms with van der Waals surface area (Å²) in [5.41, 5.74) is -0.218. The van der Waals surface area contributed by atoms with Crippen LogP contribution in [0.1, 0.15) is 11.5 Å². The second-order valence-corrected chi connectivity index (χ2v) is 4.40. The van der Waals surface area contributed by atoms with Gasteiger partial charge >= 0.3 is 11.9 Å². The van der Waals surface area contributed by atoms with Crippen molar-refractivity contribution in [1.82, 2.24) is 0 Å². The largest absolute Gasteiger partial charge is 0.496 e. The molecule has 0 aromatic heterocycles. The molecule has 0 heterocycles.